The molecule has 1 N–H and O–H groups in total. The van der Waals surface area contributed by atoms with Gasteiger partial charge in [-0.25, -0.2) is 8.42 Å². The predicted octanol–water partition coefficient (Wildman–Crippen LogP) is 2.14. The van der Waals surface area contributed by atoms with E-state index in [2.05, 4.69) is 20.2 Å². The Morgan fingerprint density at radius 3 is 2.64 bits per heavy atom. The molecule has 2 aromatic heterocycles. The number of rotatable bonds is 4. The average molecular weight is 335 g/mol. The number of tetrazole rings is 1. The van der Waals surface area contributed by atoms with Crippen molar-refractivity contribution < 1.29 is 8.42 Å². The summed E-state index contributed by atoms with van der Waals surface area (Å²) in [5, 5.41) is 10.9. The molecule has 3 aromatic rings. The van der Waals surface area contributed by atoms with E-state index < -0.39 is 10.0 Å². The van der Waals surface area contributed by atoms with Gasteiger partial charge in [-0.15, -0.1) is 16.4 Å². The number of sulfonamides is 1. The van der Waals surface area contributed by atoms with E-state index >= 15 is 0 Å². The normalized spacial score (nSPS) is 11.5. The Balaban J connectivity index is 2.00. The summed E-state index contributed by atoms with van der Waals surface area (Å²) < 4.78 is 29.3. The van der Waals surface area contributed by atoms with Crippen LogP contribution in [0.4, 0.5) is 5.69 Å². The molecule has 2 heterocycles. The molecule has 0 aliphatic carbocycles. The minimum absolute atomic E-state index is 0.286. The fourth-order valence-electron chi connectivity index (χ4n) is 1.90. The van der Waals surface area contributed by atoms with Gasteiger partial charge >= 0.3 is 0 Å². The first-order valence-electron chi connectivity index (χ1n) is 6.39. The summed E-state index contributed by atoms with van der Waals surface area (Å²) in [6.45, 7) is 3.79. The number of benzene rings is 1. The zero-order valence-corrected chi connectivity index (χ0v) is 13.5. The first kappa shape index (κ1) is 14.7. The average Bonchev–Trinajstić information content (AvgIpc) is 3.10. The highest BCUT2D eigenvalue weighted by molar-refractivity contribution is 7.94. The van der Waals surface area contributed by atoms with Gasteiger partial charge in [-0.2, -0.15) is 4.68 Å². The van der Waals surface area contributed by atoms with Crippen molar-refractivity contribution in [3.05, 3.63) is 47.1 Å². The van der Waals surface area contributed by atoms with Crippen molar-refractivity contribution in [1.29, 1.82) is 0 Å². The smallest absolute Gasteiger partial charge is 0.271 e. The van der Waals surface area contributed by atoms with E-state index in [1.807, 2.05) is 13.8 Å². The molecule has 0 saturated carbocycles. The van der Waals surface area contributed by atoms with Gasteiger partial charge in [-0.1, -0.05) is 12.1 Å². The molecule has 0 saturated heterocycles. The van der Waals surface area contributed by atoms with Gasteiger partial charge in [0.15, 0.2) is 0 Å². The van der Waals surface area contributed by atoms with E-state index in [4.69, 9.17) is 0 Å². The monoisotopic (exact) mass is 335 g/mol. The largest absolute Gasteiger partial charge is 0.277 e. The van der Waals surface area contributed by atoms with E-state index in [9.17, 15) is 8.42 Å². The third-order valence-corrected chi connectivity index (χ3v) is 6.14. The molecule has 0 radical (unpaired) electrons. The van der Waals surface area contributed by atoms with Gasteiger partial charge in [-0.3, -0.25) is 4.72 Å². The zero-order chi connectivity index (χ0) is 15.7. The van der Waals surface area contributed by atoms with Gasteiger partial charge in [0.1, 0.15) is 10.5 Å². The number of aromatic nitrogens is 4. The lowest BCUT2D eigenvalue weighted by Gasteiger charge is -2.10. The molecule has 114 valence electrons. The van der Waals surface area contributed by atoms with Crippen LogP contribution in [0.15, 0.2) is 40.9 Å². The highest BCUT2D eigenvalue weighted by Gasteiger charge is 2.19. The van der Waals surface area contributed by atoms with Crippen LogP contribution in [0.1, 0.15) is 10.4 Å². The highest BCUT2D eigenvalue weighted by atomic mass is 32.2. The number of hydrogen-bond donors (Lipinski definition) is 1. The van der Waals surface area contributed by atoms with Gasteiger partial charge in [0.2, 0.25) is 0 Å². The van der Waals surface area contributed by atoms with E-state index in [-0.39, 0.29) is 4.21 Å². The molecule has 0 unspecified atom stereocenters. The maximum Gasteiger partial charge on any atom is 0.271 e. The van der Waals surface area contributed by atoms with Crippen molar-refractivity contribution in [2.24, 2.45) is 0 Å². The molecule has 1 aromatic carbocycles. The molecule has 7 nitrogen and oxygen atoms in total. The first-order valence-corrected chi connectivity index (χ1v) is 8.69. The molecule has 3 rings (SSSR count). The Bertz CT molecular complexity index is 881. The van der Waals surface area contributed by atoms with Crippen LogP contribution >= 0.6 is 11.3 Å². The Morgan fingerprint density at radius 1 is 1.23 bits per heavy atom. The fraction of sp³-hybridized carbons (Fsp3) is 0.154. The Labute approximate surface area is 131 Å². The van der Waals surface area contributed by atoms with Crippen molar-refractivity contribution in [2.75, 3.05) is 4.72 Å². The van der Waals surface area contributed by atoms with Crippen LogP contribution in [0.25, 0.3) is 5.69 Å². The summed E-state index contributed by atoms with van der Waals surface area (Å²) >= 11 is 1.25. The van der Waals surface area contributed by atoms with Crippen LogP contribution in [0.5, 0.6) is 0 Å². The number of anilines is 1. The van der Waals surface area contributed by atoms with E-state index in [1.165, 1.54) is 22.3 Å². The second-order valence-corrected chi connectivity index (χ2v) is 7.85. The molecule has 0 aliphatic heterocycles. The lowest BCUT2D eigenvalue weighted by Crippen LogP contribution is -2.13. The number of nitrogens with one attached hydrogen (secondary N) is 1. The molecule has 0 aliphatic rings. The molecule has 22 heavy (non-hydrogen) atoms. The van der Waals surface area contributed by atoms with Crippen molar-refractivity contribution in [1.82, 2.24) is 20.2 Å². The fourth-order valence-corrected chi connectivity index (χ4v) is 4.49. The minimum atomic E-state index is -3.64. The predicted molar refractivity (Wildman–Crippen MR) is 83.8 cm³/mol. The van der Waals surface area contributed by atoms with Gasteiger partial charge in [0.25, 0.3) is 10.0 Å². The van der Waals surface area contributed by atoms with Crippen molar-refractivity contribution in [2.45, 2.75) is 18.1 Å². The Kier molecular flexibility index (Phi) is 3.67. The third-order valence-electron chi connectivity index (χ3n) is 3.15. The summed E-state index contributed by atoms with van der Waals surface area (Å²) in [4.78, 5) is 0.981. The van der Waals surface area contributed by atoms with Crippen LogP contribution < -0.4 is 4.72 Å². The van der Waals surface area contributed by atoms with Crippen LogP contribution in [-0.4, -0.2) is 28.6 Å². The molecular formula is C13H13N5O2S2. The van der Waals surface area contributed by atoms with Crippen LogP contribution in [0.3, 0.4) is 0 Å². The van der Waals surface area contributed by atoms with E-state index in [0.717, 1.165) is 10.4 Å². The topological polar surface area (TPSA) is 89.8 Å². The lowest BCUT2D eigenvalue weighted by atomic mass is 10.3. The van der Waals surface area contributed by atoms with Crippen molar-refractivity contribution in [3.63, 3.8) is 0 Å². The zero-order valence-electron chi connectivity index (χ0n) is 11.9. The van der Waals surface area contributed by atoms with E-state index in [1.54, 1.807) is 30.3 Å². The summed E-state index contributed by atoms with van der Waals surface area (Å²) in [7, 11) is -3.64. The Morgan fingerprint density at radius 2 is 2.00 bits per heavy atom. The van der Waals surface area contributed by atoms with Gasteiger partial charge in [-0.05, 0) is 48.0 Å². The van der Waals surface area contributed by atoms with Gasteiger partial charge in [0.05, 0.1) is 11.4 Å². The molecular weight excluding hydrogens is 322 g/mol. The molecule has 0 spiro atoms. The molecule has 0 fully saturated rings. The van der Waals surface area contributed by atoms with Crippen LogP contribution in [-0.2, 0) is 10.0 Å². The lowest BCUT2D eigenvalue weighted by molar-refractivity contribution is 0.603. The third kappa shape index (κ3) is 2.72. The molecule has 9 heteroatoms. The number of thiophene rings is 1. The number of hydrogen-bond acceptors (Lipinski definition) is 6. The van der Waals surface area contributed by atoms with Crippen molar-refractivity contribution in [3.8, 4) is 5.69 Å². The molecule has 0 atom stereocenters. The number of para-hydroxylation sites is 2. The first-order chi connectivity index (χ1) is 10.5. The highest BCUT2D eigenvalue weighted by Crippen LogP contribution is 2.28. The second-order valence-electron chi connectivity index (χ2n) is 4.68. The van der Waals surface area contributed by atoms with Crippen LogP contribution in [0, 0.1) is 13.8 Å². The molecule has 0 amide bonds. The number of nitrogens with zero attached hydrogens (tertiary/aromatic N) is 4. The molecule has 0 bridgehead atoms. The minimum Gasteiger partial charge on any atom is -0.277 e. The Hall–Kier alpha value is -2.26. The number of aryl methyl sites for hydroxylation is 2. The van der Waals surface area contributed by atoms with E-state index in [0.29, 0.717) is 11.4 Å². The maximum absolute atomic E-state index is 12.5. The summed E-state index contributed by atoms with van der Waals surface area (Å²) in [5.41, 5.74) is 1.93. The van der Waals surface area contributed by atoms with Gasteiger partial charge < -0.3 is 0 Å². The quantitative estimate of drug-likeness (QED) is 0.789. The maximum atomic E-state index is 12.5. The summed E-state index contributed by atoms with van der Waals surface area (Å²) in [6, 6.07) is 8.61. The van der Waals surface area contributed by atoms with Crippen molar-refractivity contribution >= 4 is 27.0 Å². The summed E-state index contributed by atoms with van der Waals surface area (Å²) in [5.74, 6) is 0. The summed E-state index contributed by atoms with van der Waals surface area (Å²) in [6.07, 6.45) is 1.41. The standard InChI is InChI=1S/C13H13N5O2S2/c1-9-7-13(21-10(9)2)22(19,20)15-11-5-3-4-6-12(11)18-8-14-16-17-18/h3-8,15H,1-2H3. The van der Waals surface area contributed by atoms with Gasteiger partial charge in [0, 0.05) is 4.88 Å². The SMILES string of the molecule is Cc1cc(S(=O)(=O)Nc2ccccc2-n2cnnn2)sc1C. The van der Waals surface area contributed by atoms with Crippen LogP contribution in [0.2, 0.25) is 0 Å². The second kappa shape index (κ2) is 5.50.